The Labute approximate surface area is 183 Å². The molecule has 0 amide bonds. The van der Waals surface area contributed by atoms with Gasteiger partial charge in [0.1, 0.15) is 5.65 Å². The maximum atomic E-state index is 4.54. The molecule has 0 saturated heterocycles. The SMILES string of the molecule is C=C/C(=C1/C=C(c2c[nH]c3nccc(/C(C=NCC)=C/C)c23)C=CN1)c1cnn(C)c1.[HH]. The van der Waals surface area contributed by atoms with Crippen molar-refractivity contribution in [3.63, 3.8) is 0 Å². The number of aromatic nitrogens is 4. The lowest BCUT2D eigenvalue weighted by Crippen LogP contribution is -2.09. The molecule has 0 spiro atoms. The smallest absolute Gasteiger partial charge is 0.138 e. The Balaban J connectivity index is 0.00000289. The number of dihydropyridines is 1. The fourth-order valence-corrected chi connectivity index (χ4v) is 3.75. The van der Waals surface area contributed by atoms with E-state index in [1.807, 2.05) is 70.2 Å². The zero-order valence-electron chi connectivity index (χ0n) is 18.1. The molecule has 4 heterocycles. The second-order valence-corrected chi connectivity index (χ2v) is 7.17. The van der Waals surface area contributed by atoms with Crippen molar-refractivity contribution < 1.29 is 1.43 Å². The first-order valence-electron chi connectivity index (χ1n) is 10.3. The average molecular weight is 413 g/mol. The van der Waals surface area contributed by atoms with Gasteiger partial charge in [0, 0.05) is 73.8 Å². The number of aromatic amines is 1. The number of rotatable bonds is 6. The zero-order chi connectivity index (χ0) is 21.8. The Kier molecular flexibility index (Phi) is 5.80. The molecule has 0 saturated carbocycles. The quantitative estimate of drug-likeness (QED) is 0.551. The molecular formula is C25H28N6. The van der Waals surface area contributed by atoms with E-state index in [9.17, 15) is 0 Å². The molecule has 0 bridgehead atoms. The summed E-state index contributed by atoms with van der Waals surface area (Å²) in [6, 6.07) is 2.05. The monoisotopic (exact) mass is 412 g/mol. The van der Waals surface area contributed by atoms with Crippen molar-refractivity contribution >= 4 is 34.0 Å². The zero-order valence-corrected chi connectivity index (χ0v) is 18.1. The number of fused-ring (bicyclic) bond motifs is 1. The largest absolute Gasteiger partial charge is 0.361 e. The van der Waals surface area contributed by atoms with Gasteiger partial charge >= 0.3 is 0 Å². The predicted octanol–water partition coefficient (Wildman–Crippen LogP) is 5.13. The van der Waals surface area contributed by atoms with Crippen LogP contribution in [0, 0.1) is 0 Å². The normalized spacial score (nSPS) is 16.0. The van der Waals surface area contributed by atoms with E-state index >= 15 is 0 Å². The Morgan fingerprint density at radius 1 is 1.39 bits per heavy atom. The van der Waals surface area contributed by atoms with Gasteiger partial charge < -0.3 is 10.3 Å². The first-order chi connectivity index (χ1) is 15.2. The van der Waals surface area contributed by atoms with Crippen LogP contribution in [-0.2, 0) is 7.05 Å². The molecule has 3 aromatic rings. The highest BCUT2D eigenvalue weighted by Crippen LogP contribution is 2.33. The van der Waals surface area contributed by atoms with E-state index in [1.165, 1.54) is 0 Å². The van der Waals surface area contributed by atoms with Gasteiger partial charge in [-0.3, -0.25) is 9.67 Å². The molecule has 1 aliphatic rings. The molecule has 1 aliphatic heterocycles. The Hall–Kier alpha value is -3.93. The van der Waals surface area contributed by atoms with Gasteiger partial charge in [0.05, 0.1) is 6.20 Å². The second kappa shape index (κ2) is 8.83. The number of H-pyrrole nitrogens is 1. The van der Waals surface area contributed by atoms with Crippen molar-refractivity contribution in [1.82, 2.24) is 25.1 Å². The number of hydrogen-bond donors (Lipinski definition) is 2. The Morgan fingerprint density at radius 3 is 2.97 bits per heavy atom. The lowest BCUT2D eigenvalue weighted by molar-refractivity contribution is 0.767. The number of nitrogens with one attached hydrogen (secondary N) is 2. The molecule has 0 unspecified atom stereocenters. The molecule has 4 rings (SSSR count). The van der Waals surface area contributed by atoms with Crippen LogP contribution in [0.25, 0.3) is 27.8 Å². The van der Waals surface area contributed by atoms with Crippen LogP contribution >= 0.6 is 0 Å². The molecule has 0 atom stereocenters. The van der Waals surface area contributed by atoms with Crippen molar-refractivity contribution in [2.45, 2.75) is 13.8 Å². The van der Waals surface area contributed by atoms with Gasteiger partial charge in [-0.05, 0) is 48.8 Å². The lowest BCUT2D eigenvalue weighted by atomic mass is 9.95. The van der Waals surface area contributed by atoms with Crippen molar-refractivity contribution in [3.8, 4) is 0 Å². The lowest BCUT2D eigenvalue weighted by Gasteiger charge is -2.15. The molecule has 0 radical (unpaired) electrons. The van der Waals surface area contributed by atoms with Crippen molar-refractivity contribution in [2.75, 3.05) is 6.54 Å². The molecule has 31 heavy (non-hydrogen) atoms. The topological polar surface area (TPSA) is 70.9 Å². The van der Waals surface area contributed by atoms with Crippen LogP contribution in [-0.4, -0.2) is 32.5 Å². The van der Waals surface area contributed by atoms with E-state index in [4.69, 9.17) is 0 Å². The molecule has 0 aromatic carbocycles. The first-order valence-corrected chi connectivity index (χ1v) is 10.3. The summed E-state index contributed by atoms with van der Waals surface area (Å²) >= 11 is 0. The minimum absolute atomic E-state index is 0. The number of pyridine rings is 1. The van der Waals surface area contributed by atoms with Gasteiger partial charge in [0.15, 0.2) is 0 Å². The molecule has 6 heteroatoms. The summed E-state index contributed by atoms with van der Waals surface area (Å²) in [4.78, 5) is 12.3. The third-order valence-electron chi connectivity index (χ3n) is 5.23. The molecule has 158 valence electrons. The summed E-state index contributed by atoms with van der Waals surface area (Å²) in [6.07, 6.45) is 19.7. The third kappa shape index (κ3) is 3.92. The van der Waals surface area contributed by atoms with Crippen LogP contribution in [0.3, 0.4) is 0 Å². The Morgan fingerprint density at radius 2 is 2.26 bits per heavy atom. The van der Waals surface area contributed by atoms with Crippen LogP contribution in [0.4, 0.5) is 0 Å². The Bertz CT molecular complexity index is 1280. The van der Waals surface area contributed by atoms with E-state index in [-0.39, 0.29) is 1.43 Å². The third-order valence-corrected chi connectivity index (χ3v) is 5.23. The average Bonchev–Trinajstić information content (AvgIpc) is 3.42. The van der Waals surface area contributed by atoms with E-state index in [0.717, 1.165) is 56.7 Å². The van der Waals surface area contributed by atoms with Crippen LogP contribution in [0.1, 0.15) is 32.0 Å². The van der Waals surface area contributed by atoms with E-state index < -0.39 is 0 Å². The summed E-state index contributed by atoms with van der Waals surface area (Å²) in [5.41, 5.74) is 8.19. The van der Waals surface area contributed by atoms with Crippen LogP contribution in [0.5, 0.6) is 0 Å². The van der Waals surface area contributed by atoms with Crippen molar-refractivity contribution in [3.05, 3.63) is 90.3 Å². The van der Waals surface area contributed by atoms with Crippen molar-refractivity contribution in [2.24, 2.45) is 12.0 Å². The number of hydrogen-bond acceptors (Lipinski definition) is 4. The van der Waals surface area contributed by atoms with Gasteiger partial charge in [-0.25, -0.2) is 4.98 Å². The highest BCUT2D eigenvalue weighted by molar-refractivity contribution is 6.16. The fourth-order valence-electron chi connectivity index (χ4n) is 3.75. The van der Waals surface area contributed by atoms with Gasteiger partial charge in [-0.15, -0.1) is 0 Å². The minimum Gasteiger partial charge on any atom is -0.361 e. The number of aryl methyl sites for hydroxylation is 1. The molecule has 3 aromatic heterocycles. The molecule has 2 N–H and O–H groups in total. The van der Waals surface area contributed by atoms with Crippen LogP contribution in [0.15, 0.2) is 78.6 Å². The van der Waals surface area contributed by atoms with Gasteiger partial charge in [0.25, 0.3) is 0 Å². The highest BCUT2D eigenvalue weighted by atomic mass is 15.2. The standard InChI is InChI=1S/C25H26N6.H2/c1-5-17(13-26-7-3)21-9-11-28-25-24(21)22(15-29-25)18-8-10-27-23(12-18)20(6-2)19-14-30-31(4)16-19;/h5-6,8-16,27H,2,7H2,1,3-4H3,(H,28,29);1H/b17-5+,23-20+,26-13?;. The fraction of sp³-hybridized carbons (Fsp3) is 0.160. The van der Waals surface area contributed by atoms with E-state index in [1.54, 1.807) is 4.68 Å². The number of nitrogens with zero attached hydrogens (tertiary/aromatic N) is 4. The summed E-state index contributed by atoms with van der Waals surface area (Å²) in [6.45, 7) is 8.82. The summed E-state index contributed by atoms with van der Waals surface area (Å²) in [7, 11) is 1.91. The second-order valence-electron chi connectivity index (χ2n) is 7.17. The van der Waals surface area contributed by atoms with E-state index in [0.29, 0.717) is 0 Å². The molecule has 0 aliphatic carbocycles. The van der Waals surface area contributed by atoms with Gasteiger partial charge in [-0.2, -0.15) is 5.10 Å². The molecule has 0 fully saturated rings. The molecular weight excluding hydrogens is 384 g/mol. The maximum absolute atomic E-state index is 4.54. The van der Waals surface area contributed by atoms with E-state index in [2.05, 4.69) is 50.2 Å². The maximum Gasteiger partial charge on any atom is 0.138 e. The minimum atomic E-state index is 0. The summed E-state index contributed by atoms with van der Waals surface area (Å²) in [5.74, 6) is 0. The first kappa shape index (κ1) is 20.3. The van der Waals surface area contributed by atoms with Crippen LogP contribution < -0.4 is 5.32 Å². The number of aliphatic imine (C=N–C) groups is 1. The summed E-state index contributed by atoms with van der Waals surface area (Å²) < 4.78 is 1.79. The van der Waals surface area contributed by atoms with Crippen molar-refractivity contribution in [1.29, 1.82) is 0 Å². The predicted molar refractivity (Wildman–Crippen MR) is 131 cm³/mol. The van der Waals surface area contributed by atoms with Gasteiger partial charge in [0.2, 0.25) is 0 Å². The summed E-state index contributed by atoms with van der Waals surface area (Å²) in [5, 5.41) is 8.72. The number of allylic oxidation sites excluding steroid dienone is 7. The molecule has 6 nitrogen and oxygen atoms in total. The van der Waals surface area contributed by atoms with Crippen LogP contribution in [0.2, 0.25) is 0 Å². The van der Waals surface area contributed by atoms with Gasteiger partial charge in [-0.1, -0.05) is 18.7 Å². The highest BCUT2D eigenvalue weighted by Gasteiger charge is 2.16.